The zero-order chi connectivity index (χ0) is 28.7. The van der Waals surface area contributed by atoms with Crippen LogP contribution in [-0.2, 0) is 33.7 Å². The van der Waals surface area contributed by atoms with E-state index in [-0.39, 0.29) is 0 Å². The van der Waals surface area contributed by atoms with E-state index in [1.165, 1.54) is 0 Å². The number of hydrogen-bond donors (Lipinski definition) is 12. The van der Waals surface area contributed by atoms with Gasteiger partial charge in [0.1, 0.15) is 48.8 Å². The Bertz CT molecular complexity index is 901. The van der Waals surface area contributed by atoms with Crippen molar-refractivity contribution in [2.45, 2.75) is 90.8 Å². The molecule has 2 unspecified atom stereocenters. The van der Waals surface area contributed by atoms with E-state index in [9.17, 15) is 49.3 Å². The van der Waals surface area contributed by atoms with Crippen molar-refractivity contribution >= 4 is 10.0 Å². The molecule has 3 rings (SSSR count). The van der Waals surface area contributed by atoms with Crippen LogP contribution in [0.4, 0.5) is 0 Å². The Morgan fingerprint density at radius 3 is 1.71 bits per heavy atom. The van der Waals surface area contributed by atoms with Gasteiger partial charge in [-0.05, 0) is 0 Å². The molecular weight excluding hydrogens is 544 g/mol. The highest BCUT2D eigenvalue weighted by molar-refractivity contribution is 7.90. The number of hydrogen-bond acceptors (Lipinski definition) is 18. The van der Waals surface area contributed by atoms with E-state index >= 15 is 0 Å². The average Bonchev–Trinajstić information content (AvgIpc) is 2.87. The second-order valence-corrected chi connectivity index (χ2v) is 11.1. The number of primary sulfonamides is 1. The highest BCUT2D eigenvalue weighted by Gasteiger charge is 2.61. The lowest BCUT2D eigenvalue weighted by atomic mass is 9.94. The van der Waals surface area contributed by atoms with Crippen LogP contribution in [0.3, 0.4) is 0 Å². The van der Waals surface area contributed by atoms with Crippen molar-refractivity contribution in [3.63, 3.8) is 0 Å². The van der Waals surface area contributed by atoms with Crippen LogP contribution in [-0.4, -0.2) is 160 Å². The maximum Gasteiger partial charge on any atom is 0.244 e. The van der Waals surface area contributed by atoms with Crippen molar-refractivity contribution in [1.29, 1.82) is 0 Å². The van der Waals surface area contributed by atoms with Crippen LogP contribution in [0.5, 0.6) is 0 Å². The van der Waals surface area contributed by atoms with Gasteiger partial charge in [0, 0.05) is 0 Å². The van der Waals surface area contributed by atoms with Crippen LogP contribution in [0.25, 0.3) is 0 Å². The third-order valence-corrected chi connectivity index (χ3v) is 8.33. The molecule has 0 aliphatic carbocycles. The maximum atomic E-state index is 12.1. The van der Waals surface area contributed by atoms with Gasteiger partial charge in [0.15, 0.2) is 18.9 Å². The van der Waals surface area contributed by atoms with E-state index in [1.54, 1.807) is 0 Å². The Morgan fingerprint density at radius 1 is 0.737 bits per heavy atom. The largest absolute Gasteiger partial charge is 0.394 e. The van der Waals surface area contributed by atoms with Crippen LogP contribution in [0.2, 0.25) is 0 Å². The van der Waals surface area contributed by atoms with Gasteiger partial charge in [0.25, 0.3) is 0 Å². The molecule has 3 aliphatic rings. The van der Waals surface area contributed by atoms with E-state index in [0.717, 1.165) is 0 Å². The second-order valence-electron chi connectivity index (χ2n) is 9.32. The third kappa shape index (κ3) is 5.57. The summed E-state index contributed by atoms with van der Waals surface area (Å²) in [4.78, 5) is -2.95. The molecular formula is C18H36N4O15S. The molecule has 20 heteroatoms. The summed E-state index contributed by atoms with van der Waals surface area (Å²) >= 11 is 0. The molecule has 16 N–H and O–H groups in total. The minimum Gasteiger partial charge on any atom is -0.394 e. The van der Waals surface area contributed by atoms with Crippen molar-refractivity contribution in [3.05, 3.63) is 0 Å². The number of ether oxygens (including phenoxy) is 5. The molecule has 0 saturated carbocycles. The molecule has 224 valence electrons. The molecule has 19 nitrogen and oxygen atoms in total. The molecule has 0 aromatic carbocycles. The summed E-state index contributed by atoms with van der Waals surface area (Å²) in [6.07, 6.45) is -18.6. The van der Waals surface area contributed by atoms with Gasteiger partial charge in [-0.15, -0.1) is 0 Å². The van der Waals surface area contributed by atoms with E-state index in [0.29, 0.717) is 0 Å². The monoisotopic (exact) mass is 580 g/mol. The normalized spacial score (nSPS) is 50.6. The van der Waals surface area contributed by atoms with E-state index in [2.05, 4.69) is 0 Å². The topological polar surface area (TPSA) is 346 Å². The van der Waals surface area contributed by atoms with Crippen molar-refractivity contribution in [2.24, 2.45) is 22.3 Å². The van der Waals surface area contributed by atoms with Crippen molar-refractivity contribution in [2.75, 3.05) is 19.8 Å². The lowest BCUT2D eigenvalue weighted by Crippen LogP contribution is -2.73. The van der Waals surface area contributed by atoms with E-state index in [4.69, 9.17) is 46.0 Å². The Labute approximate surface area is 216 Å². The summed E-state index contributed by atoms with van der Waals surface area (Å²) < 4.78 is 51.3. The summed E-state index contributed by atoms with van der Waals surface area (Å²) in [5.41, 5.74) is 17.5. The fourth-order valence-corrected chi connectivity index (χ4v) is 5.39. The summed E-state index contributed by atoms with van der Waals surface area (Å²) in [7, 11) is -4.90. The lowest BCUT2D eigenvalue weighted by Gasteiger charge is -2.50. The molecule has 0 spiro atoms. The molecule has 0 bridgehead atoms. The number of aliphatic hydroxyl groups is 8. The SMILES string of the molecule is N[C@H]1[C@@H](OC2[C@@H](CO)O[C@@H](OC3[C@@H](CO)O[C@@H](O)[C@H](N)[C@H]3O)[C@H](N)[C@H]2O)O[C@](CO)(S(N)(=O)=O)[C@@H](O)[C@@H]1O. The molecule has 3 fully saturated rings. The van der Waals surface area contributed by atoms with Crippen LogP contribution in [0.1, 0.15) is 0 Å². The first-order valence-corrected chi connectivity index (χ1v) is 13.0. The molecule has 0 radical (unpaired) electrons. The van der Waals surface area contributed by atoms with E-state index in [1.807, 2.05) is 0 Å². The van der Waals surface area contributed by atoms with Gasteiger partial charge in [-0.2, -0.15) is 0 Å². The summed E-state index contributed by atoms with van der Waals surface area (Å²) in [5, 5.41) is 85.8. The Balaban J connectivity index is 1.81. The number of nitrogens with two attached hydrogens (primary N) is 4. The molecule has 3 saturated heterocycles. The Kier molecular flexibility index (Phi) is 10.1. The van der Waals surface area contributed by atoms with Crippen molar-refractivity contribution in [1.82, 2.24) is 0 Å². The standard InChI is InChI=1S/C18H36N4O15S/c19-6-9(26)12(4(1-23)33-15(6)30)35-16-7(20)10(27)13(5(2-24)34-16)36-17-8(21)11(28)14(29)18(3-25,37-17)38(22,31)32/h4-17,23-30H,1-3,19-21H2,(H2,22,31,32)/t4-,5-,6-,7-,8-,9-,10-,11-,12?,13?,14+,15-,16+,17+,18-/m1/s1. The predicted molar refractivity (Wildman–Crippen MR) is 119 cm³/mol. The van der Waals surface area contributed by atoms with Crippen molar-refractivity contribution in [3.8, 4) is 0 Å². The van der Waals surface area contributed by atoms with Gasteiger partial charge in [-0.25, -0.2) is 13.6 Å². The van der Waals surface area contributed by atoms with Gasteiger partial charge in [-0.1, -0.05) is 0 Å². The summed E-state index contributed by atoms with van der Waals surface area (Å²) in [6, 6.07) is -4.47. The van der Waals surface area contributed by atoms with Gasteiger partial charge in [-0.3, -0.25) is 0 Å². The fraction of sp³-hybridized carbons (Fsp3) is 1.00. The lowest BCUT2D eigenvalue weighted by molar-refractivity contribution is -0.351. The first-order valence-electron chi connectivity index (χ1n) is 11.5. The first-order chi connectivity index (χ1) is 17.6. The Morgan fingerprint density at radius 2 is 1.21 bits per heavy atom. The highest BCUT2D eigenvalue weighted by Crippen LogP contribution is 2.35. The molecule has 0 amide bonds. The predicted octanol–water partition coefficient (Wildman–Crippen LogP) is -9.06. The highest BCUT2D eigenvalue weighted by atomic mass is 32.2. The summed E-state index contributed by atoms with van der Waals surface area (Å²) in [6.45, 7) is -2.98. The zero-order valence-electron chi connectivity index (χ0n) is 19.9. The second kappa shape index (κ2) is 12.0. The van der Waals surface area contributed by atoms with Gasteiger partial charge >= 0.3 is 0 Å². The van der Waals surface area contributed by atoms with E-state index < -0.39 is 121 Å². The minimum absolute atomic E-state index is 0.715. The Hall–Kier alpha value is -0.730. The molecule has 0 aromatic heterocycles. The molecule has 0 aromatic rings. The van der Waals surface area contributed by atoms with Crippen LogP contribution in [0, 0.1) is 0 Å². The minimum atomic E-state index is -4.90. The molecule has 3 aliphatic heterocycles. The average molecular weight is 581 g/mol. The molecule has 15 atom stereocenters. The molecule has 38 heavy (non-hydrogen) atoms. The number of rotatable bonds is 8. The summed E-state index contributed by atoms with van der Waals surface area (Å²) in [5.74, 6) is 0. The van der Waals surface area contributed by atoms with Gasteiger partial charge < -0.3 is 81.7 Å². The number of sulfonamides is 1. The van der Waals surface area contributed by atoms with Crippen molar-refractivity contribution < 1.29 is 73.0 Å². The van der Waals surface area contributed by atoms with Gasteiger partial charge in [0.2, 0.25) is 15.0 Å². The first kappa shape index (κ1) is 31.8. The maximum absolute atomic E-state index is 12.1. The third-order valence-electron chi connectivity index (χ3n) is 6.90. The van der Waals surface area contributed by atoms with Crippen LogP contribution >= 0.6 is 0 Å². The zero-order valence-corrected chi connectivity index (χ0v) is 20.7. The van der Waals surface area contributed by atoms with Gasteiger partial charge in [0.05, 0.1) is 37.9 Å². The molecule has 3 heterocycles. The van der Waals surface area contributed by atoms with Crippen LogP contribution < -0.4 is 22.3 Å². The van der Waals surface area contributed by atoms with Crippen LogP contribution in [0.15, 0.2) is 0 Å². The number of aliphatic hydroxyl groups excluding tert-OH is 8. The smallest absolute Gasteiger partial charge is 0.244 e. The quantitative estimate of drug-likeness (QED) is 0.127. The fourth-order valence-electron chi connectivity index (χ4n) is 4.51.